The minimum atomic E-state index is -0.887. The smallest absolute Gasteiger partial charge is 0.137 e. The van der Waals surface area contributed by atoms with Gasteiger partial charge in [-0.2, -0.15) is 5.10 Å². The number of aryl methyl sites for hydroxylation is 1. The van der Waals surface area contributed by atoms with Crippen molar-refractivity contribution in [3.63, 3.8) is 0 Å². The Morgan fingerprint density at radius 3 is 2.92 bits per heavy atom. The minimum absolute atomic E-state index is 0.173. The predicted octanol–water partition coefficient (Wildman–Crippen LogP) is 3.19. The first-order valence-electron chi connectivity index (χ1n) is 8.14. The molecule has 2 heterocycles. The molecule has 1 fully saturated rings. The average molecular weight is 337 g/mol. The van der Waals surface area contributed by atoms with Crippen molar-refractivity contribution < 1.29 is 5.11 Å². The number of nitrogens with zero attached hydrogens (tertiary/aromatic N) is 3. The lowest BCUT2D eigenvalue weighted by atomic mass is 9.84. The van der Waals surface area contributed by atoms with Crippen molar-refractivity contribution in [1.29, 1.82) is 0 Å². The molecule has 4 nitrogen and oxygen atoms in total. The van der Waals surface area contributed by atoms with Crippen LogP contribution in [0.1, 0.15) is 34.8 Å². The third-order valence-electron chi connectivity index (χ3n) is 4.72. The second-order valence-corrected chi connectivity index (χ2v) is 7.49. The predicted molar refractivity (Wildman–Crippen MR) is 95.1 cm³/mol. The number of hydrogen-bond donors (Lipinski definition) is 1. The highest BCUT2D eigenvalue weighted by Gasteiger charge is 2.46. The van der Waals surface area contributed by atoms with E-state index in [0.29, 0.717) is 6.54 Å². The van der Waals surface area contributed by atoms with Crippen molar-refractivity contribution >= 4 is 11.8 Å². The van der Waals surface area contributed by atoms with Crippen molar-refractivity contribution in [2.24, 2.45) is 5.92 Å². The molecule has 1 saturated carbocycles. The molecule has 0 saturated heterocycles. The van der Waals surface area contributed by atoms with Gasteiger partial charge in [-0.3, -0.25) is 0 Å². The van der Waals surface area contributed by atoms with E-state index >= 15 is 0 Å². The fraction of sp³-hybridized carbons (Fsp3) is 0.368. The molecule has 2 unspecified atom stereocenters. The van der Waals surface area contributed by atoms with E-state index in [9.17, 15) is 5.11 Å². The maximum atomic E-state index is 11.4. The topological polar surface area (TPSA) is 50.9 Å². The van der Waals surface area contributed by atoms with Gasteiger partial charge in [-0.15, -0.1) is 11.8 Å². The second-order valence-electron chi connectivity index (χ2n) is 6.47. The lowest BCUT2D eigenvalue weighted by Gasteiger charge is -2.30. The van der Waals surface area contributed by atoms with Crippen LogP contribution in [0, 0.1) is 24.7 Å². The Balaban J connectivity index is 1.67. The highest BCUT2D eigenvalue weighted by Crippen LogP contribution is 2.48. The average Bonchev–Trinajstić information content (AvgIpc) is 3.35. The first-order chi connectivity index (χ1) is 11.7. The van der Waals surface area contributed by atoms with Crippen LogP contribution in [0.2, 0.25) is 0 Å². The molecule has 122 valence electrons. The molecule has 1 N–H and O–H groups in total. The van der Waals surface area contributed by atoms with Crippen LogP contribution in [-0.2, 0) is 12.1 Å². The highest BCUT2D eigenvalue weighted by atomic mass is 32.2. The van der Waals surface area contributed by atoms with Gasteiger partial charge in [0.1, 0.15) is 18.3 Å². The first kappa shape index (κ1) is 15.5. The Morgan fingerprint density at radius 1 is 1.42 bits per heavy atom. The molecule has 0 bridgehead atoms. The summed E-state index contributed by atoms with van der Waals surface area (Å²) in [5.41, 5.74) is 2.41. The number of benzene rings is 1. The molecule has 0 spiro atoms. The zero-order chi connectivity index (χ0) is 16.6. The van der Waals surface area contributed by atoms with Crippen LogP contribution in [0.25, 0.3) is 0 Å². The van der Waals surface area contributed by atoms with Crippen LogP contribution in [-0.4, -0.2) is 19.9 Å². The van der Waals surface area contributed by atoms with Gasteiger partial charge in [0.15, 0.2) is 0 Å². The van der Waals surface area contributed by atoms with Crippen LogP contribution >= 0.6 is 11.8 Å². The maximum absolute atomic E-state index is 11.4. The quantitative estimate of drug-likeness (QED) is 0.852. The Hall–Kier alpha value is -2.03. The maximum Gasteiger partial charge on any atom is 0.137 e. The molecule has 1 aliphatic carbocycles. The summed E-state index contributed by atoms with van der Waals surface area (Å²) in [7, 11) is 0. The summed E-state index contributed by atoms with van der Waals surface area (Å²) in [4.78, 5) is 3.99. The summed E-state index contributed by atoms with van der Waals surface area (Å²) in [5.74, 6) is 6.56. The van der Waals surface area contributed by atoms with Gasteiger partial charge in [-0.1, -0.05) is 30.0 Å². The van der Waals surface area contributed by atoms with Gasteiger partial charge >= 0.3 is 0 Å². The first-order valence-corrected chi connectivity index (χ1v) is 9.08. The number of allylic oxidation sites excluding steroid dienone is 1. The number of thioether (sulfide) groups is 1. The van der Waals surface area contributed by atoms with Crippen LogP contribution < -0.4 is 0 Å². The molecular formula is C19H19N3OS. The molecule has 1 aromatic heterocycles. The third-order valence-corrected chi connectivity index (χ3v) is 5.68. The SMILES string of the molecule is Cc1cc(C2C#CC=CS2)ccc1C(O)(Cn1cncn1)C1CC1. The largest absolute Gasteiger partial charge is 0.383 e. The zero-order valence-electron chi connectivity index (χ0n) is 13.5. The second kappa shape index (κ2) is 6.12. The van der Waals surface area contributed by atoms with E-state index in [2.05, 4.69) is 47.0 Å². The summed E-state index contributed by atoms with van der Waals surface area (Å²) in [5, 5.41) is 17.8. The molecule has 0 amide bonds. The Labute approximate surface area is 146 Å². The van der Waals surface area contributed by atoms with E-state index in [1.807, 2.05) is 11.5 Å². The van der Waals surface area contributed by atoms with Gasteiger partial charge < -0.3 is 5.11 Å². The van der Waals surface area contributed by atoms with E-state index in [4.69, 9.17) is 0 Å². The summed E-state index contributed by atoms with van der Waals surface area (Å²) in [6.45, 7) is 2.52. The van der Waals surface area contributed by atoms with E-state index < -0.39 is 5.60 Å². The lowest BCUT2D eigenvalue weighted by Crippen LogP contribution is -2.35. The molecule has 4 rings (SSSR count). The lowest BCUT2D eigenvalue weighted by molar-refractivity contribution is -0.00832. The Bertz CT molecular complexity index is 830. The number of hydrogen-bond acceptors (Lipinski definition) is 4. The normalized spacial score (nSPS) is 21.8. The van der Waals surface area contributed by atoms with E-state index in [1.165, 1.54) is 11.9 Å². The monoisotopic (exact) mass is 337 g/mol. The summed E-state index contributed by atoms with van der Waals surface area (Å²) < 4.78 is 1.72. The minimum Gasteiger partial charge on any atom is -0.383 e. The number of rotatable bonds is 5. The van der Waals surface area contributed by atoms with Gasteiger partial charge in [-0.05, 0) is 53.9 Å². The van der Waals surface area contributed by atoms with Crippen molar-refractivity contribution in [2.75, 3.05) is 0 Å². The van der Waals surface area contributed by atoms with Crippen molar-refractivity contribution in [3.05, 3.63) is 59.0 Å². The van der Waals surface area contributed by atoms with Crippen molar-refractivity contribution in [3.8, 4) is 11.8 Å². The van der Waals surface area contributed by atoms with E-state index in [-0.39, 0.29) is 11.2 Å². The summed E-state index contributed by atoms with van der Waals surface area (Å²) in [6.07, 6.45) is 7.17. The standard InChI is InChI=1S/C19H19N3OS/c1-14-10-15(18-4-2-3-9-24-18)5-8-17(14)19(23,16-6-7-16)11-22-13-20-12-21-22/h3,5,8-10,12-13,16,18,23H,6-7,11H2,1H3. The van der Waals surface area contributed by atoms with Crippen molar-refractivity contribution in [1.82, 2.24) is 14.8 Å². The van der Waals surface area contributed by atoms with Gasteiger partial charge in [-0.25, -0.2) is 9.67 Å². The molecular weight excluding hydrogens is 318 g/mol. The molecule has 1 aliphatic heterocycles. The third kappa shape index (κ3) is 2.88. The van der Waals surface area contributed by atoms with Crippen LogP contribution in [0.15, 0.2) is 42.3 Å². The fourth-order valence-corrected chi connectivity index (χ4v) is 4.11. The van der Waals surface area contributed by atoms with Gasteiger partial charge in [0.25, 0.3) is 0 Å². The van der Waals surface area contributed by atoms with Crippen LogP contribution in [0.3, 0.4) is 0 Å². The highest BCUT2D eigenvalue weighted by molar-refractivity contribution is 8.02. The Kier molecular flexibility index (Phi) is 3.95. The number of aliphatic hydroxyl groups is 1. The Morgan fingerprint density at radius 2 is 2.29 bits per heavy atom. The molecule has 1 aromatic carbocycles. The van der Waals surface area contributed by atoms with Gasteiger partial charge in [0.05, 0.1) is 11.8 Å². The molecule has 24 heavy (non-hydrogen) atoms. The van der Waals surface area contributed by atoms with E-state index in [0.717, 1.165) is 24.0 Å². The summed E-state index contributed by atoms with van der Waals surface area (Å²) >= 11 is 1.72. The van der Waals surface area contributed by atoms with Gasteiger partial charge in [0.2, 0.25) is 0 Å². The van der Waals surface area contributed by atoms with Crippen LogP contribution in [0.5, 0.6) is 0 Å². The molecule has 5 heteroatoms. The van der Waals surface area contributed by atoms with Crippen LogP contribution in [0.4, 0.5) is 0 Å². The molecule has 2 aromatic rings. The summed E-state index contributed by atoms with van der Waals surface area (Å²) in [6, 6.07) is 6.33. The molecule has 2 atom stereocenters. The molecule has 0 radical (unpaired) electrons. The fourth-order valence-electron chi connectivity index (χ4n) is 3.36. The molecule has 2 aliphatic rings. The van der Waals surface area contributed by atoms with Gasteiger partial charge in [0, 0.05) is 0 Å². The van der Waals surface area contributed by atoms with Crippen molar-refractivity contribution in [2.45, 2.75) is 37.2 Å². The zero-order valence-corrected chi connectivity index (χ0v) is 14.3. The van der Waals surface area contributed by atoms with E-state index in [1.54, 1.807) is 22.8 Å². The number of aromatic nitrogens is 3.